The van der Waals surface area contributed by atoms with Gasteiger partial charge in [-0.2, -0.15) is 13.2 Å². The lowest BCUT2D eigenvalue weighted by Gasteiger charge is -2.15. The number of hydrogen-bond donors (Lipinski definition) is 2. The van der Waals surface area contributed by atoms with Gasteiger partial charge in [-0.05, 0) is 47.9 Å². The summed E-state index contributed by atoms with van der Waals surface area (Å²) in [7, 11) is 0. The fraction of sp³-hybridized carbons (Fsp3) is 0.143. The molecule has 0 bridgehead atoms. The molecular formula is C28H22ClF3N4O4. The molecular weight excluding hydrogens is 549 g/mol. The number of aryl methyl sites for hydroxylation is 1. The second-order valence-corrected chi connectivity index (χ2v) is 8.97. The molecule has 8 nitrogen and oxygen atoms in total. The molecule has 206 valence electrons. The third-order valence-corrected chi connectivity index (χ3v) is 5.66. The smallest absolute Gasteiger partial charge is 0.422 e. The number of hydrogen-bond acceptors (Lipinski definition) is 6. The molecule has 0 aliphatic heterocycles. The van der Waals surface area contributed by atoms with E-state index in [0.29, 0.717) is 5.56 Å². The molecule has 0 spiro atoms. The van der Waals surface area contributed by atoms with Crippen molar-refractivity contribution in [1.82, 2.24) is 9.97 Å². The number of benzene rings is 2. The number of pyridine rings is 2. The van der Waals surface area contributed by atoms with Gasteiger partial charge in [0.25, 0.3) is 5.91 Å². The summed E-state index contributed by atoms with van der Waals surface area (Å²) in [6.07, 6.45) is -1.20. The first-order valence-corrected chi connectivity index (χ1v) is 12.2. The average molecular weight is 571 g/mol. The van der Waals surface area contributed by atoms with Crippen LogP contribution in [0.1, 0.15) is 21.5 Å². The lowest BCUT2D eigenvalue weighted by Crippen LogP contribution is -2.20. The van der Waals surface area contributed by atoms with Crippen molar-refractivity contribution in [3.63, 3.8) is 0 Å². The van der Waals surface area contributed by atoms with Crippen LogP contribution in [-0.4, -0.2) is 34.8 Å². The van der Waals surface area contributed by atoms with Crippen LogP contribution in [0.3, 0.4) is 0 Å². The minimum Gasteiger partial charge on any atom is -0.468 e. The maximum atomic E-state index is 12.9. The molecule has 4 aromatic rings. The molecule has 0 aliphatic rings. The molecule has 0 saturated carbocycles. The Morgan fingerprint density at radius 2 is 1.75 bits per heavy atom. The van der Waals surface area contributed by atoms with E-state index in [2.05, 4.69) is 20.6 Å². The van der Waals surface area contributed by atoms with Crippen LogP contribution in [0.2, 0.25) is 5.02 Å². The summed E-state index contributed by atoms with van der Waals surface area (Å²) in [6.45, 7) is 0.251. The van der Waals surface area contributed by atoms with Crippen molar-refractivity contribution in [3.05, 3.63) is 101 Å². The van der Waals surface area contributed by atoms with Crippen LogP contribution in [0.4, 0.5) is 29.3 Å². The number of nitrogens with zero attached hydrogens (tertiary/aromatic N) is 2. The molecule has 0 atom stereocenters. The van der Waals surface area contributed by atoms with E-state index >= 15 is 0 Å². The van der Waals surface area contributed by atoms with E-state index in [1.165, 1.54) is 36.7 Å². The summed E-state index contributed by atoms with van der Waals surface area (Å²) in [4.78, 5) is 32.9. The maximum Gasteiger partial charge on any atom is 0.422 e. The second kappa shape index (κ2) is 12.5. The van der Waals surface area contributed by atoms with Gasteiger partial charge in [0.1, 0.15) is 6.61 Å². The van der Waals surface area contributed by atoms with Crippen molar-refractivity contribution < 1.29 is 32.2 Å². The molecule has 12 heteroatoms. The highest BCUT2D eigenvalue weighted by molar-refractivity contribution is 6.34. The van der Waals surface area contributed by atoms with E-state index in [1.807, 2.05) is 18.2 Å². The molecule has 0 unspecified atom stereocenters. The summed E-state index contributed by atoms with van der Waals surface area (Å²) in [5.74, 6) is -0.814. The number of nitrogens with one attached hydrogen (secondary N) is 2. The first-order valence-electron chi connectivity index (χ1n) is 11.8. The van der Waals surface area contributed by atoms with Gasteiger partial charge in [0.2, 0.25) is 5.88 Å². The second-order valence-electron chi connectivity index (χ2n) is 8.57. The molecule has 0 aliphatic carbocycles. The van der Waals surface area contributed by atoms with Crippen molar-refractivity contribution in [2.45, 2.75) is 19.7 Å². The number of aromatic nitrogens is 2. The standard InChI is InChI=1S/C28H22ClF3N4O4/c1-17-9-20(13-33-12-17)25(37)35-21-11-22(26(34-14-21)40-16-28(30,31)32)19-7-8-24(23(29)10-19)36-27(38)39-15-18-5-3-2-4-6-18/h2-14H,15-16H2,1H3,(H,35,37)(H,36,38). The number of carbonyl (C=O) groups excluding carboxylic acids is 2. The minimum atomic E-state index is -4.60. The summed E-state index contributed by atoms with van der Waals surface area (Å²) in [5.41, 5.74) is 2.72. The predicted octanol–water partition coefficient (Wildman–Crippen LogP) is 7.05. The lowest BCUT2D eigenvalue weighted by atomic mass is 10.1. The molecule has 2 heterocycles. The normalized spacial score (nSPS) is 11.0. The van der Waals surface area contributed by atoms with Crippen molar-refractivity contribution in [3.8, 4) is 17.0 Å². The Labute approximate surface area is 232 Å². The van der Waals surface area contributed by atoms with E-state index in [-0.39, 0.29) is 40.0 Å². The van der Waals surface area contributed by atoms with Gasteiger partial charge < -0.3 is 14.8 Å². The zero-order valence-corrected chi connectivity index (χ0v) is 21.7. The van der Waals surface area contributed by atoms with E-state index in [4.69, 9.17) is 21.1 Å². The SMILES string of the molecule is Cc1cncc(C(=O)Nc2cnc(OCC(F)(F)F)c(-c3ccc(NC(=O)OCc4ccccc4)c(Cl)c3)c2)c1. The number of carbonyl (C=O) groups is 2. The van der Waals surface area contributed by atoms with Crippen LogP contribution in [0.5, 0.6) is 5.88 Å². The molecule has 0 radical (unpaired) electrons. The molecule has 2 amide bonds. The molecule has 2 N–H and O–H groups in total. The Kier molecular flexibility index (Phi) is 8.85. The largest absolute Gasteiger partial charge is 0.468 e. The van der Waals surface area contributed by atoms with Gasteiger partial charge >= 0.3 is 12.3 Å². The van der Waals surface area contributed by atoms with Crippen molar-refractivity contribution in [1.29, 1.82) is 0 Å². The van der Waals surface area contributed by atoms with Gasteiger partial charge in [0.05, 0.1) is 28.2 Å². The van der Waals surface area contributed by atoms with Crippen molar-refractivity contribution >= 4 is 35.0 Å². The number of amides is 2. The van der Waals surface area contributed by atoms with E-state index in [9.17, 15) is 22.8 Å². The van der Waals surface area contributed by atoms with Gasteiger partial charge in [0, 0.05) is 18.0 Å². The lowest BCUT2D eigenvalue weighted by molar-refractivity contribution is -0.154. The highest BCUT2D eigenvalue weighted by Crippen LogP contribution is 2.35. The van der Waals surface area contributed by atoms with Crippen LogP contribution >= 0.6 is 11.6 Å². The first-order chi connectivity index (χ1) is 19.1. The van der Waals surface area contributed by atoms with Crippen LogP contribution in [0.15, 0.2) is 79.3 Å². The van der Waals surface area contributed by atoms with Crippen LogP contribution in [-0.2, 0) is 11.3 Å². The summed E-state index contributed by atoms with van der Waals surface area (Å²) >= 11 is 6.37. The monoisotopic (exact) mass is 570 g/mol. The fourth-order valence-corrected chi connectivity index (χ4v) is 3.76. The van der Waals surface area contributed by atoms with Crippen molar-refractivity contribution in [2.75, 3.05) is 17.2 Å². The number of halogens is 4. The molecule has 2 aromatic carbocycles. The van der Waals surface area contributed by atoms with Crippen LogP contribution in [0.25, 0.3) is 11.1 Å². The number of ether oxygens (including phenoxy) is 2. The van der Waals surface area contributed by atoms with Gasteiger partial charge in [-0.1, -0.05) is 48.0 Å². The van der Waals surface area contributed by atoms with Crippen LogP contribution in [0, 0.1) is 6.92 Å². The van der Waals surface area contributed by atoms with Crippen LogP contribution < -0.4 is 15.4 Å². The highest BCUT2D eigenvalue weighted by Gasteiger charge is 2.29. The fourth-order valence-electron chi connectivity index (χ4n) is 3.53. The number of rotatable bonds is 8. The zero-order chi connectivity index (χ0) is 28.7. The molecule has 2 aromatic heterocycles. The van der Waals surface area contributed by atoms with Gasteiger partial charge in [-0.25, -0.2) is 9.78 Å². The van der Waals surface area contributed by atoms with E-state index in [1.54, 1.807) is 31.3 Å². The minimum absolute atomic E-state index is 0.0467. The summed E-state index contributed by atoms with van der Waals surface area (Å²) in [5, 5.41) is 5.26. The molecule has 40 heavy (non-hydrogen) atoms. The van der Waals surface area contributed by atoms with Gasteiger partial charge in [0.15, 0.2) is 6.61 Å². The average Bonchev–Trinajstić information content (AvgIpc) is 2.92. The van der Waals surface area contributed by atoms with Gasteiger partial charge in [-0.3, -0.25) is 15.1 Å². The Hall–Kier alpha value is -4.64. The Morgan fingerprint density at radius 3 is 2.45 bits per heavy atom. The first kappa shape index (κ1) is 28.4. The highest BCUT2D eigenvalue weighted by atomic mass is 35.5. The van der Waals surface area contributed by atoms with E-state index in [0.717, 1.165) is 11.1 Å². The maximum absolute atomic E-state index is 12.9. The Morgan fingerprint density at radius 1 is 0.975 bits per heavy atom. The van der Waals surface area contributed by atoms with Gasteiger partial charge in [-0.15, -0.1) is 0 Å². The number of anilines is 2. The van der Waals surface area contributed by atoms with Crippen molar-refractivity contribution in [2.24, 2.45) is 0 Å². The zero-order valence-electron chi connectivity index (χ0n) is 21.0. The quantitative estimate of drug-likeness (QED) is 0.235. The predicted molar refractivity (Wildman–Crippen MR) is 143 cm³/mol. The Balaban J connectivity index is 1.55. The van der Waals surface area contributed by atoms with E-state index < -0.39 is 24.8 Å². The summed E-state index contributed by atoms with van der Waals surface area (Å²) < 4.78 is 48.7. The Bertz CT molecular complexity index is 1520. The molecule has 0 saturated heterocycles. The topological polar surface area (TPSA) is 102 Å². The summed E-state index contributed by atoms with van der Waals surface area (Å²) in [6, 6.07) is 16.5. The third-order valence-electron chi connectivity index (χ3n) is 5.35. The third kappa shape index (κ3) is 7.93. The molecule has 0 fully saturated rings. The number of alkyl halides is 3. The molecule has 4 rings (SSSR count).